The molecule has 0 aliphatic carbocycles. The predicted molar refractivity (Wildman–Crippen MR) is 70.0 cm³/mol. The molecule has 3 nitrogen and oxygen atoms in total. The van der Waals surface area contributed by atoms with E-state index in [9.17, 15) is 10.2 Å². The molecule has 0 aliphatic heterocycles. The number of aliphatic hydroxyl groups is 1. The van der Waals surface area contributed by atoms with E-state index in [2.05, 4.69) is 0 Å². The summed E-state index contributed by atoms with van der Waals surface area (Å²) >= 11 is 0. The van der Waals surface area contributed by atoms with E-state index in [1.807, 2.05) is 27.7 Å². The standard InChI is InChI=1S/C14H23NO2/c1-5-8(2)14(17)13(15)12-9(3)6-11(16)7-10(12)4/h6-8,13-14,16-17H,5,15H2,1-4H3/t8?,13-,14+/m0/s1. The number of phenols is 1. The second kappa shape index (κ2) is 5.52. The maximum absolute atomic E-state index is 10.2. The molecular formula is C14H23NO2. The number of nitrogens with two attached hydrogens (primary N) is 1. The monoisotopic (exact) mass is 237 g/mol. The van der Waals surface area contributed by atoms with E-state index in [1.165, 1.54) is 0 Å². The molecule has 0 saturated carbocycles. The van der Waals surface area contributed by atoms with Crippen molar-refractivity contribution in [3.05, 3.63) is 28.8 Å². The summed E-state index contributed by atoms with van der Waals surface area (Å²) in [5.41, 5.74) is 8.93. The number of hydrogen-bond donors (Lipinski definition) is 3. The lowest BCUT2D eigenvalue weighted by Crippen LogP contribution is -2.32. The first-order valence-corrected chi connectivity index (χ1v) is 6.12. The van der Waals surface area contributed by atoms with Crippen LogP contribution in [0.15, 0.2) is 12.1 Å². The van der Waals surface area contributed by atoms with E-state index >= 15 is 0 Å². The second-order valence-corrected chi connectivity index (χ2v) is 4.90. The zero-order valence-electron chi connectivity index (χ0n) is 11.1. The van der Waals surface area contributed by atoms with E-state index in [0.717, 1.165) is 23.1 Å². The van der Waals surface area contributed by atoms with Crippen molar-refractivity contribution in [1.82, 2.24) is 0 Å². The van der Waals surface area contributed by atoms with Crippen molar-refractivity contribution in [3.63, 3.8) is 0 Å². The van der Waals surface area contributed by atoms with Gasteiger partial charge in [0.1, 0.15) is 5.75 Å². The molecule has 0 saturated heterocycles. The van der Waals surface area contributed by atoms with Crippen molar-refractivity contribution in [2.75, 3.05) is 0 Å². The molecule has 0 amide bonds. The van der Waals surface area contributed by atoms with Gasteiger partial charge in [0, 0.05) is 0 Å². The fourth-order valence-electron chi connectivity index (χ4n) is 2.24. The normalized spacial score (nSPS) is 16.6. The Bertz CT molecular complexity index is 367. The number of benzene rings is 1. The fraction of sp³-hybridized carbons (Fsp3) is 0.571. The van der Waals surface area contributed by atoms with Crippen LogP contribution in [0, 0.1) is 19.8 Å². The third kappa shape index (κ3) is 2.99. The Morgan fingerprint density at radius 3 is 2.12 bits per heavy atom. The molecule has 0 spiro atoms. The highest BCUT2D eigenvalue weighted by atomic mass is 16.3. The number of aromatic hydroxyl groups is 1. The molecule has 1 unspecified atom stereocenters. The van der Waals surface area contributed by atoms with Gasteiger partial charge in [0.25, 0.3) is 0 Å². The van der Waals surface area contributed by atoms with Crippen molar-refractivity contribution in [1.29, 1.82) is 0 Å². The third-order valence-electron chi connectivity index (χ3n) is 3.51. The van der Waals surface area contributed by atoms with Crippen LogP contribution in [-0.4, -0.2) is 16.3 Å². The van der Waals surface area contributed by atoms with Crippen LogP contribution in [0.5, 0.6) is 5.75 Å². The first-order chi connectivity index (χ1) is 7.88. The van der Waals surface area contributed by atoms with Gasteiger partial charge in [0.05, 0.1) is 12.1 Å². The van der Waals surface area contributed by atoms with Crippen molar-refractivity contribution < 1.29 is 10.2 Å². The first-order valence-electron chi connectivity index (χ1n) is 6.12. The minimum atomic E-state index is -0.554. The first kappa shape index (κ1) is 14.0. The van der Waals surface area contributed by atoms with Gasteiger partial charge < -0.3 is 15.9 Å². The summed E-state index contributed by atoms with van der Waals surface area (Å²) in [5, 5.41) is 19.7. The summed E-state index contributed by atoms with van der Waals surface area (Å²) in [6.07, 6.45) is 0.340. The Kier molecular flexibility index (Phi) is 4.54. The van der Waals surface area contributed by atoms with Gasteiger partial charge in [-0.05, 0) is 48.6 Å². The summed E-state index contributed by atoms with van der Waals surface area (Å²) in [4.78, 5) is 0. The molecule has 3 atom stereocenters. The Labute approximate surface area is 103 Å². The summed E-state index contributed by atoms with van der Waals surface area (Å²) < 4.78 is 0. The topological polar surface area (TPSA) is 66.5 Å². The summed E-state index contributed by atoms with van der Waals surface area (Å²) in [5.74, 6) is 0.409. The Balaban J connectivity index is 3.08. The van der Waals surface area contributed by atoms with Crippen LogP contribution in [0.1, 0.15) is 43.0 Å². The van der Waals surface area contributed by atoms with Gasteiger partial charge in [-0.3, -0.25) is 0 Å². The number of phenolic OH excluding ortho intramolecular Hbond substituents is 1. The van der Waals surface area contributed by atoms with Crippen LogP contribution < -0.4 is 5.73 Å². The smallest absolute Gasteiger partial charge is 0.116 e. The minimum absolute atomic E-state index is 0.164. The quantitative estimate of drug-likeness (QED) is 0.753. The van der Waals surface area contributed by atoms with Gasteiger partial charge in [-0.2, -0.15) is 0 Å². The van der Waals surface area contributed by atoms with Crippen LogP contribution in [0.2, 0.25) is 0 Å². The van der Waals surface area contributed by atoms with Gasteiger partial charge in [-0.25, -0.2) is 0 Å². The molecular weight excluding hydrogens is 214 g/mol. The Morgan fingerprint density at radius 2 is 1.71 bits per heavy atom. The number of aliphatic hydroxyl groups excluding tert-OH is 1. The largest absolute Gasteiger partial charge is 0.508 e. The molecule has 0 bridgehead atoms. The van der Waals surface area contributed by atoms with Crippen molar-refractivity contribution in [2.24, 2.45) is 11.7 Å². The molecule has 0 aromatic heterocycles. The second-order valence-electron chi connectivity index (χ2n) is 4.90. The molecule has 96 valence electrons. The van der Waals surface area contributed by atoms with E-state index in [-0.39, 0.29) is 11.7 Å². The van der Waals surface area contributed by atoms with Crippen LogP contribution in [0.25, 0.3) is 0 Å². The zero-order valence-corrected chi connectivity index (χ0v) is 11.1. The highest BCUT2D eigenvalue weighted by Gasteiger charge is 2.24. The highest BCUT2D eigenvalue weighted by Crippen LogP contribution is 2.29. The van der Waals surface area contributed by atoms with Crippen LogP contribution in [0.3, 0.4) is 0 Å². The average Bonchev–Trinajstić information content (AvgIpc) is 2.25. The predicted octanol–water partition coefficient (Wildman–Crippen LogP) is 2.42. The molecule has 1 aromatic rings. The molecule has 3 heteroatoms. The van der Waals surface area contributed by atoms with E-state index in [1.54, 1.807) is 12.1 Å². The van der Waals surface area contributed by atoms with E-state index in [4.69, 9.17) is 5.73 Å². The fourth-order valence-corrected chi connectivity index (χ4v) is 2.24. The number of aryl methyl sites for hydroxylation is 2. The van der Waals surface area contributed by atoms with Crippen LogP contribution in [-0.2, 0) is 0 Å². The Hall–Kier alpha value is -1.06. The average molecular weight is 237 g/mol. The van der Waals surface area contributed by atoms with Gasteiger partial charge in [-0.15, -0.1) is 0 Å². The van der Waals surface area contributed by atoms with Gasteiger partial charge >= 0.3 is 0 Å². The SMILES string of the molecule is CCC(C)[C@@H](O)[C@@H](N)c1c(C)cc(O)cc1C. The van der Waals surface area contributed by atoms with Crippen LogP contribution >= 0.6 is 0 Å². The van der Waals surface area contributed by atoms with E-state index < -0.39 is 12.1 Å². The lowest BCUT2D eigenvalue weighted by molar-refractivity contribution is 0.0875. The molecule has 0 radical (unpaired) electrons. The molecule has 0 heterocycles. The summed E-state index contributed by atoms with van der Waals surface area (Å²) in [7, 11) is 0. The third-order valence-corrected chi connectivity index (χ3v) is 3.51. The molecule has 1 aromatic carbocycles. The maximum Gasteiger partial charge on any atom is 0.116 e. The maximum atomic E-state index is 10.2. The van der Waals surface area contributed by atoms with Crippen molar-refractivity contribution in [3.8, 4) is 5.75 Å². The lowest BCUT2D eigenvalue weighted by Gasteiger charge is -2.26. The van der Waals surface area contributed by atoms with Crippen LogP contribution in [0.4, 0.5) is 0 Å². The molecule has 0 aliphatic rings. The lowest BCUT2D eigenvalue weighted by atomic mass is 9.87. The van der Waals surface area contributed by atoms with E-state index in [0.29, 0.717) is 0 Å². The van der Waals surface area contributed by atoms with Gasteiger partial charge in [0.15, 0.2) is 0 Å². The zero-order chi connectivity index (χ0) is 13.2. The van der Waals surface area contributed by atoms with Gasteiger partial charge in [-0.1, -0.05) is 20.3 Å². The Morgan fingerprint density at radius 1 is 1.24 bits per heavy atom. The summed E-state index contributed by atoms with van der Waals surface area (Å²) in [6.45, 7) is 7.85. The molecule has 0 fully saturated rings. The molecule has 17 heavy (non-hydrogen) atoms. The molecule has 1 rings (SSSR count). The minimum Gasteiger partial charge on any atom is -0.508 e. The van der Waals surface area contributed by atoms with Crippen molar-refractivity contribution >= 4 is 0 Å². The van der Waals surface area contributed by atoms with Gasteiger partial charge in [0.2, 0.25) is 0 Å². The number of rotatable bonds is 4. The summed E-state index contributed by atoms with van der Waals surface area (Å²) in [6, 6.07) is 2.97. The number of hydrogen-bond acceptors (Lipinski definition) is 3. The highest BCUT2D eigenvalue weighted by molar-refractivity contribution is 5.42. The molecule has 4 N–H and O–H groups in total. The van der Waals surface area contributed by atoms with Crippen molar-refractivity contribution in [2.45, 2.75) is 46.3 Å².